The van der Waals surface area contributed by atoms with E-state index in [1.165, 1.54) is 5.70 Å². The minimum Gasteiger partial charge on any atom is -0.480 e. The number of allylic oxidation sites excluding steroid dienone is 1. The predicted molar refractivity (Wildman–Crippen MR) is 81.1 cm³/mol. The Kier molecular flexibility index (Phi) is 3.76. The summed E-state index contributed by atoms with van der Waals surface area (Å²) in [5, 5.41) is 0. The predicted octanol–water partition coefficient (Wildman–Crippen LogP) is 0.850. The highest BCUT2D eigenvalue weighted by atomic mass is 16.5. The maximum absolute atomic E-state index is 11.2. The van der Waals surface area contributed by atoms with E-state index in [1.807, 2.05) is 12.2 Å². The number of fused-ring (bicyclic) bond motifs is 1. The first-order valence-corrected chi connectivity index (χ1v) is 7.65. The van der Waals surface area contributed by atoms with Gasteiger partial charge >= 0.3 is 0 Å². The van der Waals surface area contributed by atoms with Crippen LogP contribution in [0.5, 0.6) is 0 Å². The highest BCUT2D eigenvalue weighted by molar-refractivity contribution is 5.90. The van der Waals surface area contributed by atoms with Crippen LogP contribution < -0.4 is 5.73 Å². The second kappa shape index (κ2) is 5.56. The van der Waals surface area contributed by atoms with Gasteiger partial charge in [-0.3, -0.25) is 9.69 Å². The average molecular weight is 289 g/mol. The summed E-state index contributed by atoms with van der Waals surface area (Å²) < 4.78 is 5.55. The van der Waals surface area contributed by atoms with Crippen LogP contribution in [-0.2, 0) is 9.53 Å². The quantitative estimate of drug-likeness (QED) is 0.837. The molecule has 5 heteroatoms. The molecule has 5 nitrogen and oxygen atoms in total. The second-order valence-corrected chi connectivity index (χ2v) is 5.93. The van der Waals surface area contributed by atoms with Crippen molar-refractivity contribution in [3.63, 3.8) is 0 Å². The Bertz CT molecular complexity index is 524. The minimum absolute atomic E-state index is 0.0781. The van der Waals surface area contributed by atoms with E-state index in [-0.39, 0.29) is 17.8 Å². The highest BCUT2D eigenvalue weighted by Crippen LogP contribution is 2.31. The van der Waals surface area contributed by atoms with Gasteiger partial charge in [0.1, 0.15) is 6.10 Å². The molecule has 21 heavy (non-hydrogen) atoms. The number of amides is 1. The number of carbonyl (C=O) groups excluding carboxylic acids is 1. The van der Waals surface area contributed by atoms with Crippen molar-refractivity contribution in [2.45, 2.75) is 26.0 Å². The summed E-state index contributed by atoms with van der Waals surface area (Å²) in [6.07, 6.45) is 8.08. The molecule has 1 aliphatic carbocycles. The first-order valence-electron chi connectivity index (χ1n) is 7.65. The summed E-state index contributed by atoms with van der Waals surface area (Å²) in [5.74, 6) is -0.0822. The topological polar surface area (TPSA) is 58.8 Å². The van der Waals surface area contributed by atoms with Crippen LogP contribution in [0.15, 0.2) is 35.8 Å². The molecule has 3 aliphatic rings. The molecule has 0 bridgehead atoms. The molecule has 0 aromatic rings. The average Bonchev–Trinajstić information content (AvgIpc) is 2.90. The summed E-state index contributed by atoms with van der Waals surface area (Å²) in [7, 11) is 0. The van der Waals surface area contributed by atoms with Gasteiger partial charge in [0.2, 0.25) is 0 Å². The van der Waals surface area contributed by atoms with Crippen molar-refractivity contribution < 1.29 is 9.53 Å². The maximum atomic E-state index is 11.2. The van der Waals surface area contributed by atoms with Gasteiger partial charge in [0.05, 0.1) is 0 Å². The van der Waals surface area contributed by atoms with Gasteiger partial charge in [0.25, 0.3) is 5.91 Å². The molecular formula is C16H23N3O2. The molecule has 2 N–H and O–H groups in total. The van der Waals surface area contributed by atoms with Gasteiger partial charge in [-0.15, -0.1) is 0 Å². The van der Waals surface area contributed by atoms with E-state index >= 15 is 0 Å². The van der Waals surface area contributed by atoms with E-state index in [2.05, 4.69) is 35.8 Å². The number of piperazine rings is 1. The molecule has 0 radical (unpaired) electrons. The maximum Gasteiger partial charge on any atom is 0.283 e. The first-order chi connectivity index (χ1) is 10.1. The van der Waals surface area contributed by atoms with E-state index in [4.69, 9.17) is 10.5 Å². The summed E-state index contributed by atoms with van der Waals surface area (Å²) in [6.45, 7) is 8.76. The second-order valence-electron chi connectivity index (χ2n) is 5.93. The van der Waals surface area contributed by atoms with Crippen LogP contribution in [-0.4, -0.2) is 54.0 Å². The van der Waals surface area contributed by atoms with Crippen molar-refractivity contribution in [2.75, 3.05) is 26.2 Å². The Hall–Kier alpha value is -1.75. The van der Waals surface area contributed by atoms with Gasteiger partial charge in [0, 0.05) is 37.3 Å². The molecule has 3 unspecified atom stereocenters. The molecule has 3 atom stereocenters. The molecule has 0 aromatic heterocycles. The van der Waals surface area contributed by atoms with Crippen LogP contribution in [0.25, 0.3) is 0 Å². The number of rotatable bonds is 3. The molecule has 114 valence electrons. The van der Waals surface area contributed by atoms with Gasteiger partial charge in [-0.25, -0.2) is 0 Å². The third-order valence-electron chi connectivity index (χ3n) is 4.59. The summed E-state index contributed by atoms with van der Waals surface area (Å²) >= 11 is 0. The van der Waals surface area contributed by atoms with E-state index in [1.54, 1.807) is 0 Å². The Morgan fingerprint density at radius 1 is 1.43 bits per heavy atom. The van der Waals surface area contributed by atoms with E-state index < -0.39 is 5.91 Å². The fourth-order valence-electron chi connectivity index (χ4n) is 3.34. The number of primary amides is 1. The van der Waals surface area contributed by atoms with Crippen LogP contribution in [0.4, 0.5) is 0 Å². The lowest BCUT2D eigenvalue weighted by Gasteiger charge is -2.41. The van der Waals surface area contributed by atoms with Crippen LogP contribution in [0, 0.1) is 5.92 Å². The molecule has 1 fully saturated rings. The molecule has 0 aromatic carbocycles. The fraction of sp³-hybridized carbons (Fsp3) is 0.562. The number of nitrogens with two attached hydrogens (primary N) is 1. The van der Waals surface area contributed by atoms with Crippen molar-refractivity contribution in [1.29, 1.82) is 0 Å². The van der Waals surface area contributed by atoms with Gasteiger partial charge in [-0.05, 0) is 37.8 Å². The Labute approximate surface area is 125 Å². The smallest absolute Gasteiger partial charge is 0.283 e. The van der Waals surface area contributed by atoms with Gasteiger partial charge in [0.15, 0.2) is 5.76 Å². The highest BCUT2D eigenvalue weighted by Gasteiger charge is 2.32. The molecule has 1 amide bonds. The Balaban J connectivity index is 1.72. The van der Waals surface area contributed by atoms with Gasteiger partial charge in [-0.1, -0.05) is 6.92 Å². The SMILES string of the molecule is CCN1CCN(C2=CC3C=C(C(N)=O)OC3C=C2)CC1C. The van der Waals surface area contributed by atoms with Crippen molar-refractivity contribution in [1.82, 2.24) is 9.80 Å². The summed E-state index contributed by atoms with van der Waals surface area (Å²) in [6, 6.07) is 0.562. The van der Waals surface area contributed by atoms with Gasteiger partial charge in [-0.2, -0.15) is 0 Å². The van der Waals surface area contributed by atoms with Crippen molar-refractivity contribution in [3.05, 3.63) is 35.8 Å². The lowest BCUT2D eigenvalue weighted by molar-refractivity contribution is -0.117. The minimum atomic E-state index is -0.488. The molecule has 3 rings (SSSR count). The normalized spacial score (nSPS) is 32.3. The standard InChI is InChI=1S/C16H23N3O2/c1-3-18-6-7-19(10-11(18)2)13-4-5-14-12(8-13)9-15(21-14)16(17)20/h4-5,8-9,11-12,14H,3,6-7,10H2,1-2H3,(H2,17,20). The third-order valence-corrected chi connectivity index (χ3v) is 4.59. The van der Waals surface area contributed by atoms with Crippen molar-refractivity contribution in [3.8, 4) is 0 Å². The molecule has 2 aliphatic heterocycles. The summed E-state index contributed by atoms with van der Waals surface area (Å²) in [4.78, 5) is 16.1. The zero-order valence-corrected chi connectivity index (χ0v) is 12.7. The number of hydrogen-bond acceptors (Lipinski definition) is 4. The van der Waals surface area contributed by atoms with Crippen LogP contribution in [0.3, 0.4) is 0 Å². The monoisotopic (exact) mass is 289 g/mol. The van der Waals surface area contributed by atoms with Crippen LogP contribution in [0.2, 0.25) is 0 Å². The van der Waals surface area contributed by atoms with Crippen LogP contribution in [0.1, 0.15) is 13.8 Å². The van der Waals surface area contributed by atoms with E-state index in [0.29, 0.717) is 6.04 Å². The lowest BCUT2D eigenvalue weighted by atomic mass is 9.96. The third kappa shape index (κ3) is 2.70. The van der Waals surface area contributed by atoms with Crippen molar-refractivity contribution in [2.24, 2.45) is 11.7 Å². The first kappa shape index (κ1) is 14.2. The van der Waals surface area contributed by atoms with Crippen LogP contribution >= 0.6 is 0 Å². The lowest BCUT2D eigenvalue weighted by Crippen LogP contribution is -2.51. The Morgan fingerprint density at radius 3 is 2.90 bits per heavy atom. The zero-order valence-electron chi connectivity index (χ0n) is 12.7. The van der Waals surface area contributed by atoms with E-state index in [9.17, 15) is 4.79 Å². The molecule has 0 spiro atoms. The molecular weight excluding hydrogens is 266 g/mol. The van der Waals surface area contributed by atoms with Gasteiger partial charge < -0.3 is 15.4 Å². The van der Waals surface area contributed by atoms with Crippen molar-refractivity contribution >= 4 is 5.91 Å². The summed E-state index contributed by atoms with van der Waals surface area (Å²) in [5.41, 5.74) is 6.51. The number of ether oxygens (including phenoxy) is 1. The Morgan fingerprint density at radius 2 is 2.24 bits per heavy atom. The zero-order chi connectivity index (χ0) is 15.0. The number of likely N-dealkylation sites (N-methyl/N-ethyl adjacent to an activating group) is 1. The number of hydrogen-bond donors (Lipinski definition) is 1. The fourth-order valence-corrected chi connectivity index (χ4v) is 3.34. The molecule has 2 heterocycles. The largest absolute Gasteiger partial charge is 0.480 e. The van der Waals surface area contributed by atoms with E-state index in [0.717, 1.165) is 26.2 Å². The molecule has 0 saturated carbocycles. The number of nitrogens with zero attached hydrogens (tertiary/aromatic N) is 2. The molecule has 1 saturated heterocycles. The number of carbonyl (C=O) groups is 1.